The summed E-state index contributed by atoms with van der Waals surface area (Å²) in [6.45, 7) is 2.63. The maximum absolute atomic E-state index is 11.8. The number of hydrogen-bond donors (Lipinski definition) is 1. The van der Waals surface area contributed by atoms with Crippen LogP contribution in [0.5, 0.6) is 0 Å². The van der Waals surface area contributed by atoms with Crippen LogP contribution in [0.4, 0.5) is 0 Å². The number of hydrogen-bond acceptors (Lipinski definition) is 2. The third-order valence-electron chi connectivity index (χ3n) is 2.49. The van der Waals surface area contributed by atoms with Crippen LogP contribution >= 0.6 is 11.6 Å². The monoisotopic (exact) mass is 263 g/mol. The lowest BCUT2D eigenvalue weighted by molar-refractivity contribution is 0.0954. The van der Waals surface area contributed by atoms with Crippen molar-refractivity contribution in [2.45, 2.75) is 13.3 Å². The van der Waals surface area contributed by atoms with Gasteiger partial charge in [0.05, 0.1) is 17.4 Å². The van der Waals surface area contributed by atoms with Crippen molar-refractivity contribution in [1.29, 1.82) is 0 Å². The fourth-order valence-corrected chi connectivity index (χ4v) is 1.84. The van der Waals surface area contributed by atoms with Gasteiger partial charge in [0.15, 0.2) is 0 Å². The van der Waals surface area contributed by atoms with Crippen LogP contribution in [0.25, 0.3) is 5.69 Å². The summed E-state index contributed by atoms with van der Waals surface area (Å²) in [5.74, 6) is -0.191. The maximum Gasteiger partial charge on any atom is 0.256 e. The smallest absolute Gasteiger partial charge is 0.256 e. The molecule has 0 spiro atoms. The molecule has 1 N–H and O–H groups in total. The van der Waals surface area contributed by atoms with E-state index in [0.717, 1.165) is 12.1 Å². The highest BCUT2D eigenvalue weighted by Crippen LogP contribution is 2.19. The number of halogens is 1. The molecule has 1 heterocycles. The SMILES string of the molecule is CCCNC(=O)c1cnn(-c2ccccc2)c1Cl. The molecule has 0 saturated carbocycles. The van der Waals surface area contributed by atoms with Crippen LogP contribution in [-0.4, -0.2) is 22.2 Å². The maximum atomic E-state index is 11.8. The third-order valence-corrected chi connectivity index (χ3v) is 2.86. The molecule has 18 heavy (non-hydrogen) atoms. The van der Waals surface area contributed by atoms with E-state index in [4.69, 9.17) is 11.6 Å². The highest BCUT2D eigenvalue weighted by Gasteiger charge is 2.15. The molecule has 0 atom stereocenters. The second-order valence-electron chi connectivity index (χ2n) is 3.85. The Morgan fingerprint density at radius 3 is 2.78 bits per heavy atom. The Balaban J connectivity index is 2.27. The number of para-hydroxylation sites is 1. The second-order valence-corrected chi connectivity index (χ2v) is 4.21. The third kappa shape index (κ3) is 2.54. The number of rotatable bonds is 4. The van der Waals surface area contributed by atoms with E-state index in [1.54, 1.807) is 4.68 Å². The molecule has 0 aliphatic heterocycles. The zero-order valence-corrected chi connectivity index (χ0v) is 10.8. The summed E-state index contributed by atoms with van der Waals surface area (Å²) in [6, 6.07) is 9.46. The molecule has 94 valence electrons. The Kier molecular flexibility index (Phi) is 3.99. The van der Waals surface area contributed by atoms with Crippen molar-refractivity contribution in [3.63, 3.8) is 0 Å². The van der Waals surface area contributed by atoms with Gasteiger partial charge in [0.2, 0.25) is 0 Å². The van der Waals surface area contributed by atoms with Gasteiger partial charge in [-0.1, -0.05) is 36.7 Å². The van der Waals surface area contributed by atoms with Crippen molar-refractivity contribution >= 4 is 17.5 Å². The van der Waals surface area contributed by atoms with Crippen molar-refractivity contribution in [3.05, 3.63) is 47.2 Å². The normalized spacial score (nSPS) is 10.3. The van der Waals surface area contributed by atoms with Crippen molar-refractivity contribution in [1.82, 2.24) is 15.1 Å². The van der Waals surface area contributed by atoms with Gasteiger partial charge in [-0.15, -0.1) is 0 Å². The predicted molar refractivity (Wildman–Crippen MR) is 71.2 cm³/mol. The van der Waals surface area contributed by atoms with E-state index >= 15 is 0 Å². The van der Waals surface area contributed by atoms with Gasteiger partial charge in [0.25, 0.3) is 5.91 Å². The molecular formula is C13H14ClN3O. The molecule has 0 fully saturated rings. The number of benzene rings is 1. The Morgan fingerprint density at radius 2 is 2.11 bits per heavy atom. The van der Waals surface area contributed by atoms with Crippen LogP contribution in [0, 0.1) is 0 Å². The van der Waals surface area contributed by atoms with Gasteiger partial charge < -0.3 is 5.32 Å². The molecule has 0 bridgehead atoms. The van der Waals surface area contributed by atoms with E-state index in [2.05, 4.69) is 10.4 Å². The van der Waals surface area contributed by atoms with Gasteiger partial charge in [0.1, 0.15) is 5.15 Å². The number of carbonyl (C=O) groups excluding carboxylic acids is 1. The van der Waals surface area contributed by atoms with E-state index in [1.807, 2.05) is 37.3 Å². The molecule has 5 heteroatoms. The molecule has 0 aliphatic rings. The Labute approximate surface area is 111 Å². The molecule has 2 rings (SSSR count). The molecule has 1 aromatic heterocycles. The minimum Gasteiger partial charge on any atom is -0.352 e. The summed E-state index contributed by atoms with van der Waals surface area (Å²) in [5.41, 5.74) is 1.23. The number of nitrogens with zero attached hydrogens (tertiary/aromatic N) is 2. The fourth-order valence-electron chi connectivity index (χ4n) is 1.57. The predicted octanol–water partition coefficient (Wildman–Crippen LogP) is 2.67. The second kappa shape index (κ2) is 5.69. The summed E-state index contributed by atoms with van der Waals surface area (Å²) in [4.78, 5) is 11.8. The molecule has 0 saturated heterocycles. The van der Waals surface area contributed by atoms with Gasteiger partial charge in [-0.25, -0.2) is 4.68 Å². The van der Waals surface area contributed by atoms with Crippen molar-refractivity contribution < 1.29 is 4.79 Å². The average molecular weight is 264 g/mol. The first-order valence-corrected chi connectivity index (χ1v) is 6.19. The molecule has 2 aromatic rings. The minimum atomic E-state index is -0.191. The highest BCUT2D eigenvalue weighted by atomic mass is 35.5. The van der Waals surface area contributed by atoms with Crippen LogP contribution in [0.1, 0.15) is 23.7 Å². The lowest BCUT2D eigenvalue weighted by Crippen LogP contribution is -2.23. The summed E-state index contributed by atoms with van der Waals surface area (Å²) in [7, 11) is 0. The topological polar surface area (TPSA) is 46.9 Å². The summed E-state index contributed by atoms with van der Waals surface area (Å²) in [6.07, 6.45) is 2.37. The molecule has 0 unspecified atom stereocenters. The van der Waals surface area contributed by atoms with Crippen molar-refractivity contribution in [2.75, 3.05) is 6.54 Å². The van der Waals surface area contributed by atoms with Gasteiger partial charge in [-0.3, -0.25) is 4.79 Å². The quantitative estimate of drug-likeness (QED) is 0.922. The summed E-state index contributed by atoms with van der Waals surface area (Å²) >= 11 is 6.17. The lowest BCUT2D eigenvalue weighted by Gasteiger charge is -2.04. The number of nitrogens with one attached hydrogen (secondary N) is 1. The number of aromatic nitrogens is 2. The Bertz CT molecular complexity index is 536. The molecule has 4 nitrogen and oxygen atoms in total. The molecule has 1 amide bonds. The van der Waals surface area contributed by atoms with Crippen LogP contribution in [0.2, 0.25) is 5.15 Å². The Morgan fingerprint density at radius 1 is 1.39 bits per heavy atom. The zero-order chi connectivity index (χ0) is 13.0. The van der Waals surface area contributed by atoms with Crippen LogP contribution in [-0.2, 0) is 0 Å². The molecule has 0 radical (unpaired) electrons. The largest absolute Gasteiger partial charge is 0.352 e. The van der Waals surface area contributed by atoms with Crippen molar-refractivity contribution in [2.24, 2.45) is 0 Å². The Hall–Kier alpha value is -1.81. The summed E-state index contributed by atoms with van der Waals surface area (Å²) in [5, 5.41) is 7.25. The number of carbonyl (C=O) groups is 1. The van der Waals surface area contributed by atoms with E-state index in [1.165, 1.54) is 6.20 Å². The first-order valence-electron chi connectivity index (χ1n) is 5.81. The fraction of sp³-hybridized carbons (Fsp3) is 0.231. The van der Waals surface area contributed by atoms with Crippen molar-refractivity contribution in [3.8, 4) is 5.69 Å². The molecule has 1 aromatic carbocycles. The first-order chi connectivity index (χ1) is 8.74. The minimum absolute atomic E-state index is 0.191. The highest BCUT2D eigenvalue weighted by molar-refractivity contribution is 6.33. The van der Waals surface area contributed by atoms with Gasteiger partial charge in [-0.2, -0.15) is 5.10 Å². The van der Waals surface area contributed by atoms with Crippen LogP contribution < -0.4 is 5.32 Å². The molecule has 0 aliphatic carbocycles. The van der Waals surface area contributed by atoms with Gasteiger partial charge in [-0.05, 0) is 18.6 Å². The van der Waals surface area contributed by atoms with E-state index in [0.29, 0.717) is 17.3 Å². The lowest BCUT2D eigenvalue weighted by atomic mass is 10.3. The summed E-state index contributed by atoms with van der Waals surface area (Å²) < 4.78 is 1.54. The van der Waals surface area contributed by atoms with E-state index in [-0.39, 0.29) is 5.91 Å². The number of amides is 1. The zero-order valence-electron chi connectivity index (χ0n) is 10.1. The average Bonchev–Trinajstić information content (AvgIpc) is 2.79. The van der Waals surface area contributed by atoms with Crippen LogP contribution in [0.3, 0.4) is 0 Å². The van der Waals surface area contributed by atoms with Gasteiger partial charge in [0, 0.05) is 6.54 Å². The molecular weight excluding hydrogens is 250 g/mol. The first kappa shape index (κ1) is 12.6. The standard InChI is InChI=1S/C13H14ClN3O/c1-2-8-15-13(18)11-9-16-17(12(11)14)10-6-4-3-5-7-10/h3-7,9H,2,8H2,1H3,(H,15,18). The van der Waals surface area contributed by atoms with Gasteiger partial charge >= 0.3 is 0 Å². The van der Waals surface area contributed by atoms with E-state index in [9.17, 15) is 4.79 Å². The van der Waals surface area contributed by atoms with E-state index < -0.39 is 0 Å². The van der Waals surface area contributed by atoms with Crippen LogP contribution in [0.15, 0.2) is 36.5 Å².